The maximum Gasteiger partial charge on any atom is 0.471 e. The van der Waals surface area contributed by atoms with Crippen LogP contribution >= 0.6 is 0 Å². The normalized spacial score (nSPS) is 11.9. The first kappa shape index (κ1) is 26.7. The molecule has 1 amide bonds. The molecule has 0 aliphatic carbocycles. The minimum absolute atomic E-state index is 0.0358. The third-order valence-corrected chi connectivity index (χ3v) is 4.99. The number of carbonyl (C=O) groups is 1. The van der Waals surface area contributed by atoms with Gasteiger partial charge in [0.25, 0.3) is 5.91 Å². The van der Waals surface area contributed by atoms with Crippen LogP contribution in [0.3, 0.4) is 0 Å². The van der Waals surface area contributed by atoms with E-state index in [1.54, 1.807) is 24.3 Å². The molecule has 2 heterocycles. The van der Waals surface area contributed by atoms with Crippen molar-refractivity contribution in [2.45, 2.75) is 18.8 Å². The van der Waals surface area contributed by atoms with Gasteiger partial charge in [-0.3, -0.25) is 4.79 Å². The maximum atomic E-state index is 12.6. The molecular formula is C24H18F6N4O4. The van der Waals surface area contributed by atoms with Gasteiger partial charge in [-0.15, -0.1) is 0 Å². The Morgan fingerprint density at radius 1 is 0.921 bits per heavy atom. The number of carbonyl (C=O) groups excluding carboxylic acids is 1. The van der Waals surface area contributed by atoms with Crippen LogP contribution in [-0.4, -0.2) is 47.0 Å². The average Bonchev–Trinajstić information content (AvgIpc) is 3.37. The zero-order valence-electron chi connectivity index (χ0n) is 19.3. The van der Waals surface area contributed by atoms with Crippen molar-refractivity contribution in [2.75, 3.05) is 19.8 Å². The van der Waals surface area contributed by atoms with E-state index >= 15 is 0 Å². The molecule has 4 rings (SSSR count). The van der Waals surface area contributed by atoms with Crippen LogP contribution in [0.4, 0.5) is 26.3 Å². The van der Waals surface area contributed by atoms with Crippen LogP contribution in [0.15, 0.2) is 59.1 Å². The van der Waals surface area contributed by atoms with Crippen LogP contribution in [-0.2, 0) is 6.18 Å². The number of pyridine rings is 1. The number of rotatable bonds is 9. The van der Waals surface area contributed by atoms with Gasteiger partial charge in [-0.2, -0.15) is 31.3 Å². The first-order chi connectivity index (χ1) is 18.0. The Balaban J connectivity index is 1.32. The van der Waals surface area contributed by atoms with Crippen molar-refractivity contribution in [1.82, 2.24) is 20.4 Å². The van der Waals surface area contributed by atoms with E-state index in [1.165, 1.54) is 30.3 Å². The molecule has 8 nitrogen and oxygen atoms in total. The van der Waals surface area contributed by atoms with E-state index in [0.29, 0.717) is 16.7 Å². The summed E-state index contributed by atoms with van der Waals surface area (Å²) in [7, 11) is 0. The lowest BCUT2D eigenvalue weighted by Gasteiger charge is -2.13. The molecule has 0 saturated carbocycles. The summed E-state index contributed by atoms with van der Waals surface area (Å²) in [5, 5.41) is 6.36. The fourth-order valence-corrected chi connectivity index (χ4v) is 3.24. The van der Waals surface area contributed by atoms with Gasteiger partial charge in [0.1, 0.15) is 23.8 Å². The Hall–Kier alpha value is -4.36. The molecule has 38 heavy (non-hydrogen) atoms. The standard InChI is InChI=1S/C24H18F6N4O4/c25-23(26,27)9-11-37-19-13-18(32-17-4-2-1-3-16(17)19)21(35)31-10-12-36-15-7-5-14(6-8-15)20-33-22(38-34-20)24(28,29)30/h1-8,13H,9-12H2,(H,31,35). The molecule has 0 fully saturated rings. The second-order valence-electron chi connectivity index (χ2n) is 7.79. The molecule has 0 bridgehead atoms. The third-order valence-electron chi connectivity index (χ3n) is 4.99. The van der Waals surface area contributed by atoms with Crippen molar-refractivity contribution in [1.29, 1.82) is 0 Å². The second-order valence-corrected chi connectivity index (χ2v) is 7.79. The number of nitrogens with zero attached hydrogens (tertiary/aromatic N) is 3. The molecule has 200 valence electrons. The highest BCUT2D eigenvalue weighted by Crippen LogP contribution is 2.30. The van der Waals surface area contributed by atoms with Gasteiger partial charge in [-0.05, 0) is 36.4 Å². The van der Waals surface area contributed by atoms with Gasteiger partial charge < -0.3 is 19.3 Å². The van der Waals surface area contributed by atoms with Gasteiger partial charge in [-0.25, -0.2) is 4.98 Å². The Bertz CT molecular complexity index is 1400. The zero-order valence-corrected chi connectivity index (χ0v) is 19.3. The Morgan fingerprint density at radius 3 is 2.34 bits per heavy atom. The minimum atomic E-state index is -4.75. The van der Waals surface area contributed by atoms with Gasteiger partial charge in [0.15, 0.2) is 0 Å². The number of benzene rings is 2. The van der Waals surface area contributed by atoms with Crippen molar-refractivity contribution >= 4 is 16.8 Å². The lowest BCUT2D eigenvalue weighted by atomic mass is 10.1. The lowest BCUT2D eigenvalue weighted by Crippen LogP contribution is -2.28. The number of nitrogens with one attached hydrogen (secondary N) is 1. The van der Waals surface area contributed by atoms with E-state index in [-0.39, 0.29) is 36.0 Å². The molecule has 0 unspecified atom stereocenters. The fourth-order valence-electron chi connectivity index (χ4n) is 3.24. The van der Waals surface area contributed by atoms with Gasteiger partial charge in [-0.1, -0.05) is 17.3 Å². The Kier molecular flexibility index (Phi) is 7.69. The summed E-state index contributed by atoms with van der Waals surface area (Å²) in [5.41, 5.74) is 0.608. The van der Waals surface area contributed by atoms with Crippen molar-refractivity contribution in [3.63, 3.8) is 0 Å². The molecule has 2 aromatic carbocycles. The van der Waals surface area contributed by atoms with Crippen molar-refractivity contribution in [3.05, 3.63) is 66.2 Å². The van der Waals surface area contributed by atoms with Crippen LogP contribution < -0.4 is 14.8 Å². The quantitative estimate of drug-likeness (QED) is 0.223. The van der Waals surface area contributed by atoms with Crippen molar-refractivity contribution < 1.29 is 45.1 Å². The predicted octanol–water partition coefficient (Wildman–Crippen LogP) is 5.44. The molecule has 0 radical (unpaired) electrons. The molecule has 0 aliphatic heterocycles. The molecule has 14 heteroatoms. The highest BCUT2D eigenvalue weighted by molar-refractivity contribution is 5.97. The highest BCUT2D eigenvalue weighted by Gasteiger charge is 2.38. The number of halogens is 6. The topological polar surface area (TPSA) is 99.4 Å². The zero-order chi connectivity index (χ0) is 27.3. The minimum Gasteiger partial charge on any atom is -0.492 e. The van der Waals surface area contributed by atoms with Crippen molar-refractivity contribution in [3.8, 4) is 22.9 Å². The van der Waals surface area contributed by atoms with Gasteiger partial charge >= 0.3 is 18.2 Å². The van der Waals surface area contributed by atoms with E-state index in [2.05, 4.69) is 25.0 Å². The van der Waals surface area contributed by atoms with Gasteiger partial charge in [0, 0.05) is 17.0 Å². The largest absolute Gasteiger partial charge is 0.492 e. The summed E-state index contributed by atoms with van der Waals surface area (Å²) < 4.78 is 90.3. The number of hydrogen-bond acceptors (Lipinski definition) is 7. The molecule has 1 N–H and O–H groups in total. The number of aromatic nitrogens is 3. The third kappa shape index (κ3) is 6.89. The molecular weight excluding hydrogens is 522 g/mol. The summed E-state index contributed by atoms with van der Waals surface area (Å²) in [6.45, 7) is -0.519. The van der Waals surface area contributed by atoms with Crippen LogP contribution in [0.2, 0.25) is 0 Å². The van der Waals surface area contributed by atoms with Crippen LogP contribution in [0, 0.1) is 0 Å². The van der Waals surface area contributed by atoms with E-state index in [0.717, 1.165) is 0 Å². The summed E-state index contributed by atoms with van der Waals surface area (Å²) in [6.07, 6.45) is -10.3. The number of para-hydroxylation sites is 1. The number of alkyl halides is 6. The summed E-state index contributed by atoms with van der Waals surface area (Å²) in [6, 6.07) is 13.7. The van der Waals surface area contributed by atoms with Crippen LogP contribution in [0.25, 0.3) is 22.3 Å². The summed E-state index contributed by atoms with van der Waals surface area (Å²) >= 11 is 0. The van der Waals surface area contributed by atoms with E-state index in [4.69, 9.17) is 9.47 Å². The molecule has 0 aliphatic rings. The predicted molar refractivity (Wildman–Crippen MR) is 120 cm³/mol. The smallest absolute Gasteiger partial charge is 0.471 e. The molecule has 0 saturated heterocycles. The van der Waals surface area contributed by atoms with Gasteiger partial charge in [0.2, 0.25) is 5.82 Å². The van der Waals surface area contributed by atoms with E-state index in [1.807, 2.05) is 0 Å². The van der Waals surface area contributed by atoms with Crippen LogP contribution in [0.1, 0.15) is 22.8 Å². The average molecular weight is 540 g/mol. The van der Waals surface area contributed by atoms with E-state index in [9.17, 15) is 31.1 Å². The summed E-state index contributed by atoms with van der Waals surface area (Å²) in [5.74, 6) is -1.81. The molecule has 0 spiro atoms. The first-order valence-electron chi connectivity index (χ1n) is 11.0. The number of hydrogen-bond donors (Lipinski definition) is 1. The molecule has 4 aromatic rings. The number of ether oxygens (including phenoxy) is 2. The lowest BCUT2D eigenvalue weighted by molar-refractivity contribution is -0.159. The molecule has 0 atom stereocenters. The molecule has 2 aromatic heterocycles. The Morgan fingerprint density at radius 2 is 1.66 bits per heavy atom. The Labute approximate surface area is 210 Å². The maximum absolute atomic E-state index is 12.6. The first-order valence-corrected chi connectivity index (χ1v) is 11.0. The highest BCUT2D eigenvalue weighted by atomic mass is 19.4. The SMILES string of the molecule is O=C(NCCOc1ccc(-c2noc(C(F)(F)F)n2)cc1)c1cc(OCCC(F)(F)F)c2ccccc2n1. The van der Waals surface area contributed by atoms with Crippen LogP contribution in [0.5, 0.6) is 11.5 Å². The monoisotopic (exact) mass is 540 g/mol. The van der Waals surface area contributed by atoms with Crippen molar-refractivity contribution in [2.24, 2.45) is 0 Å². The van der Waals surface area contributed by atoms with Gasteiger partial charge in [0.05, 0.1) is 25.1 Å². The second kappa shape index (κ2) is 10.9. The fraction of sp³-hybridized carbons (Fsp3) is 0.250. The van der Waals surface area contributed by atoms with E-state index < -0.39 is 37.2 Å². The number of amides is 1. The number of fused-ring (bicyclic) bond motifs is 1. The summed E-state index contributed by atoms with van der Waals surface area (Å²) in [4.78, 5) is 20.1.